The Hall–Kier alpha value is -0.0800. The lowest BCUT2D eigenvalue weighted by molar-refractivity contribution is -0.104. The van der Waals surface area contributed by atoms with Crippen molar-refractivity contribution in [3.8, 4) is 0 Å². The van der Waals surface area contributed by atoms with E-state index in [1.54, 1.807) is 0 Å². The summed E-state index contributed by atoms with van der Waals surface area (Å²) in [6.07, 6.45) is 1.36. The molecule has 58 valence electrons. The summed E-state index contributed by atoms with van der Waals surface area (Å²) < 4.78 is 5.23. The molecule has 2 aliphatic rings. The van der Waals surface area contributed by atoms with Gasteiger partial charge in [-0.2, -0.15) is 0 Å². The third kappa shape index (κ3) is 0.867. The largest absolute Gasteiger partial charge is 0.380 e. The van der Waals surface area contributed by atoms with E-state index >= 15 is 0 Å². The van der Waals surface area contributed by atoms with Gasteiger partial charge in [-0.05, 0) is 19.5 Å². The van der Waals surface area contributed by atoms with Crippen LogP contribution in [0.15, 0.2) is 0 Å². The van der Waals surface area contributed by atoms with Crippen LogP contribution in [-0.4, -0.2) is 37.7 Å². The molecule has 10 heavy (non-hydrogen) atoms. The summed E-state index contributed by atoms with van der Waals surface area (Å²) >= 11 is 0. The molecule has 0 N–H and O–H groups in total. The molecule has 2 heteroatoms. The number of hydrogen-bond donors (Lipinski definition) is 0. The molecule has 2 heterocycles. The Kier molecular flexibility index (Phi) is 1.46. The van der Waals surface area contributed by atoms with Crippen molar-refractivity contribution in [2.24, 2.45) is 5.41 Å². The van der Waals surface area contributed by atoms with Crippen molar-refractivity contribution in [1.82, 2.24) is 4.90 Å². The first-order valence-electron chi connectivity index (χ1n) is 4.15. The molecule has 0 aliphatic carbocycles. The zero-order chi connectivity index (χ0) is 7.03. The van der Waals surface area contributed by atoms with E-state index in [0.29, 0.717) is 5.41 Å². The van der Waals surface area contributed by atoms with Crippen molar-refractivity contribution in [1.29, 1.82) is 0 Å². The SMILES string of the molecule is CCN1CCC2(COC2)C1. The zero-order valence-electron chi connectivity index (χ0n) is 6.60. The molecule has 1 spiro atoms. The summed E-state index contributed by atoms with van der Waals surface area (Å²) in [6.45, 7) is 8.05. The maximum atomic E-state index is 5.23. The van der Waals surface area contributed by atoms with Crippen LogP contribution < -0.4 is 0 Å². The Morgan fingerprint density at radius 2 is 2.30 bits per heavy atom. The van der Waals surface area contributed by atoms with Gasteiger partial charge in [-0.3, -0.25) is 0 Å². The number of ether oxygens (including phenoxy) is 1. The summed E-state index contributed by atoms with van der Waals surface area (Å²) in [5.41, 5.74) is 0.593. The van der Waals surface area contributed by atoms with Gasteiger partial charge in [-0.15, -0.1) is 0 Å². The van der Waals surface area contributed by atoms with Gasteiger partial charge in [0.05, 0.1) is 13.2 Å². The van der Waals surface area contributed by atoms with Crippen molar-refractivity contribution in [2.75, 3.05) is 32.8 Å². The smallest absolute Gasteiger partial charge is 0.0557 e. The second-order valence-electron chi connectivity index (χ2n) is 3.61. The monoisotopic (exact) mass is 141 g/mol. The normalized spacial score (nSPS) is 30.9. The van der Waals surface area contributed by atoms with Gasteiger partial charge in [-0.25, -0.2) is 0 Å². The van der Waals surface area contributed by atoms with Crippen LogP contribution in [0.25, 0.3) is 0 Å². The van der Waals surface area contributed by atoms with E-state index < -0.39 is 0 Å². The Bertz CT molecular complexity index is 131. The Balaban J connectivity index is 1.92. The fourth-order valence-electron chi connectivity index (χ4n) is 1.92. The molecule has 0 bridgehead atoms. The van der Waals surface area contributed by atoms with Gasteiger partial charge >= 0.3 is 0 Å². The second kappa shape index (κ2) is 2.21. The first-order chi connectivity index (χ1) is 4.85. The zero-order valence-corrected chi connectivity index (χ0v) is 6.60. The topological polar surface area (TPSA) is 12.5 Å². The maximum Gasteiger partial charge on any atom is 0.0557 e. The molecule has 0 aromatic heterocycles. The van der Waals surface area contributed by atoms with Crippen LogP contribution in [0.5, 0.6) is 0 Å². The van der Waals surface area contributed by atoms with Gasteiger partial charge in [0, 0.05) is 12.0 Å². The van der Waals surface area contributed by atoms with Crippen LogP contribution in [0, 0.1) is 5.41 Å². The summed E-state index contributed by atoms with van der Waals surface area (Å²) in [5, 5.41) is 0. The molecule has 0 aromatic carbocycles. The fraction of sp³-hybridized carbons (Fsp3) is 1.00. The van der Waals surface area contributed by atoms with Gasteiger partial charge in [0.2, 0.25) is 0 Å². The highest BCUT2D eigenvalue weighted by Crippen LogP contribution is 2.36. The van der Waals surface area contributed by atoms with E-state index in [-0.39, 0.29) is 0 Å². The van der Waals surface area contributed by atoms with E-state index in [0.717, 1.165) is 13.2 Å². The molecule has 0 unspecified atom stereocenters. The molecule has 2 saturated heterocycles. The van der Waals surface area contributed by atoms with Crippen LogP contribution in [0.1, 0.15) is 13.3 Å². The maximum absolute atomic E-state index is 5.23. The van der Waals surface area contributed by atoms with E-state index in [1.807, 2.05) is 0 Å². The molecule has 2 nitrogen and oxygen atoms in total. The Morgan fingerprint density at radius 3 is 2.60 bits per heavy atom. The quantitative estimate of drug-likeness (QED) is 0.533. The van der Waals surface area contributed by atoms with Crippen molar-refractivity contribution < 1.29 is 4.74 Å². The lowest BCUT2D eigenvalue weighted by Gasteiger charge is -2.37. The van der Waals surface area contributed by atoms with Gasteiger partial charge < -0.3 is 9.64 Å². The van der Waals surface area contributed by atoms with Crippen LogP contribution in [0.2, 0.25) is 0 Å². The first kappa shape index (κ1) is 6.62. The average molecular weight is 141 g/mol. The average Bonchev–Trinajstić information content (AvgIpc) is 2.29. The predicted molar refractivity (Wildman–Crippen MR) is 40.0 cm³/mol. The van der Waals surface area contributed by atoms with Gasteiger partial charge in [0.15, 0.2) is 0 Å². The van der Waals surface area contributed by atoms with Crippen molar-refractivity contribution in [3.63, 3.8) is 0 Å². The first-order valence-corrected chi connectivity index (χ1v) is 4.15. The summed E-state index contributed by atoms with van der Waals surface area (Å²) in [7, 11) is 0. The van der Waals surface area contributed by atoms with E-state index in [1.165, 1.54) is 26.1 Å². The van der Waals surface area contributed by atoms with E-state index in [2.05, 4.69) is 11.8 Å². The number of hydrogen-bond acceptors (Lipinski definition) is 2. The highest BCUT2D eigenvalue weighted by atomic mass is 16.5. The van der Waals surface area contributed by atoms with E-state index in [9.17, 15) is 0 Å². The standard InChI is InChI=1S/C8H15NO/c1-2-9-4-3-8(5-9)6-10-7-8/h2-7H2,1H3. The Labute approximate surface area is 62.2 Å². The lowest BCUT2D eigenvalue weighted by Crippen LogP contribution is -2.44. The highest BCUT2D eigenvalue weighted by Gasteiger charge is 2.43. The summed E-state index contributed by atoms with van der Waals surface area (Å²) in [4.78, 5) is 2.52. The lowest BCUT2D eigenvalue weighted by atomic mass is 9.85. The van der Waals surface area contributed by atoms with Crippen molar-refractivity contribution in [3.05, 3.63) is 0 Å². The van der Waals surface area contributed by atoms with Crippen LogP contribution >= 0.6 is 0 Å². The predicted octanol–water partition coefficient (Wildman–Crippen LogP) is 0.729. The molecule has 0 aromatic rings. The van der Waals surface area contributed by atoms with Crippen LogP contribution in [0.3, 0.4) is 0 Å². The highest BCUT2D eigenvalue weighted by molar-refractivity contribution is 4.93. The molecular formula is C8H15NO. The molecule has 0 radical (unpaired) electrons. The van der Waals surface area contributed by atoms with Crippen molar-refractivity contribution >= 4 is 0 Å². The minimum Gasteiger partial charge on any atom is -0.380 e. The summed E-state index contributed by atoms with van der Waals surface area (Å²) in [6, 6.07) is 0. The van der Waals surface area contributed by atoms with Crippen LogP contribution in [-0.2, 0) is 4.74 Å². The molecule has 0 amide bonds. The van der Waals surface area contributed by atoms with E-state index in [4.69, 9.17) is 4.74 Å². The third-order valence-corrected chi connectivity index (χ3v) is 2.78. The molecule has 0 saturated carbocycles. The summed E-state index contributed by atoms with van der Waals surface area (Å²) in [5.74, 6) is 0. The number of likely N-dealkylation sites (tertiary alicyclic amines) is 1. The molecule has 2 rings (SSSR count). The third-order valence-electron chi connectivity index (χ3n) is 2.78. The number of nitrogens with zero attached hydrogens (tertiary/aromatic N) is 1. The molecule has 0 atom stereocenters. The van der Waals surface area contributed by atoms with Gasteiger partial charge in [0.25, 0.3) is 0 Å². The fourth-order valence-corrected chi connectivity index (χ4v) is 1.92. The van der Waals surface area contributed by atoms with Gasteiger partial charge in [-0.1, -0.05) is 6.92 Å². The minimum absolute atomic E-state index is 0.593. The Morgan fingerprint density at radius 1 is 1.50 bits per heavy atom. The molecule has 2 aliphatic heterocycles. The van der Waals surface area contributed by atoms with Crippen molar-refractivity contribution in [2.45, 2.75) is 13.3 Å². The minimum atomic E-state index is 0.593. The molecule has 2 fully saturated rings. The second-order valence-corrected chi connectivity index (χ2v) is 3.61. The van der Waals surface area contributed by atoms with Crippen LogP contribution in [0.4, 0.5) is 0 Å². The molecular weight excluding hydrogens is 126 g/mol. The van der Waals surface area contributed by atoms with Gasteiger partial charge in [0.1, 0.15) is 0 Å². The number of rotatable bonds is 1.